The Morgan fingerprint density at radius 3 is 2.83 bits per heavy atom. The number of hydrogen-bond donors (Lipinski definition) is 0. The molecular weight excluding hydrogens is 150 g/mol. The van der Waals surface area contributed by atoms with Crippen molar-refractivity contribution in [2.24, 2.45) is 0 Å². The van der Waals surface area contributed by atoms with Crippen molar-refractivity contribution < 1.29 is 5.48 Å². The van der Waals surface area contributed by atoms with E-state index in [4.69, 9.17) is 0 Å². The van der Waals surface area contributed by atoms with Crippen LogP contribution in [0.5, 0.6) is 0 Å². The Balaban J connectivity index is 0.000000720. The first-order valence-electron chi connectivity index (χ1n) is 3.68. The fourth-order valence-corrected chi connectivity index (χ4v) is 1.20. The van der Waals surface area contributed by atoms with Gasteiger partial charge in [0.15, 0.2) is 0 Å². The van der Waals surface area contributed by atoms with Gasteiger partial charge < -0.3 is 5.48 Å². The summed E-state index contributed by atoms with van der Waals surface area (Å²) in [6.45, 7) is 2.09. The summed E-state index contributed by atoms with van der Waals surface area (Å²) in [7, 11) is 0. The number of fused-ring (bicyclic) bond motifs is 1. The maximum absolute atomic E-state index is 4.22. The van der Waals surface area contributed by atoms with Crippen LogP contribution in [0.3, 0.4) is 0 Å². The highest BCUT2D eigenvalue weighted by atomic mass is 16.0. The average Bonchev–Trinajstić information content (AvgIpc) is 2.04. The van der Waals surface area contributed by atoms with Gasteiger partial charge in [0.05, 0.1) is 5.52 Å². The van der Waals surface area contributed by atoms with Crippen LogP contribution < -0.4 is 0 Å². The molecule has 0 fully saturated rings. The topological polar surface area (TPSA) is 44.4 Å². The minimum atomic E-state index is 0. The molecule has 2 nitrogen and oxygen atoms in total. The number of rotatable bonds is 0. The van der Waals surface area contributed by atoms with Gasteiger partial charge in [-0.1, -0.05) is 17.7 Å². The molecule has 1 aromatic carbocycles. The van der Waals surface area contributed by atoms with Gasteiger partial charge in [-0.05, 0) is 25.1 Å². The number of nitrogens with zero attached hydrogens (tertiary/aromatic N) is 1. The lowest BCUT2D eigenvalue weighted by molar-refractivity contribution is 0.824. The van der Waals surface area contributed by atoms with Crippen molar-refractivity contribution in [3.63, 3.8) is 0 Å². The van der Waals surface area contributed by atoms with E-state index in [1.54, 1.807) is 0 Å². The first kappa shape index (κ1) is 8.68. The molecule has 12 heavy (non-hydrogen) atoms. The van der Waals surface area contributed by atoms with Gasteiger partial charge in [-0.3, -0.25) is 4.98 Å². The molecule has 2 N–H and O–H groups in total. The van der Waals surface area contributed by atoms with Gasteiger partial charge in [-0.15, -0.1) is 0 Å². The minimum absolute atomic E-state index is 0. The highest BCUT2D eigenvalue weighted by Crippen LogP contribution is 2.11. The van der Waals surface area contributed by atoms with Crippen LogP contribution in [0.4, 0.5) is 0 Å². The molecular formula is C10H11NO. The summed E-state index contributed by atoms with van der Waals surface area (Å²) < 4.78 is 0. The molecule has 1 heterocycles. The molecule has 0 saturated heterocycles. The third kappa shape index (κ3) is 1.43. The molecule has 0 unspecified atom stereocenters. The predicted molar refractivity (Wildman–Crippen MR) is 50.1 cm³/mol. The van der Waals surface area contributed by atoms with Crippen molar-refractivity contribution >= 4 is 10.9 Å². The molecule has 0 radical (unpaired) electrons. The Labute approximate surface area is 71.2 Å². The molecule has 62 valence electrons. The van der Waals surface area contributed by atoms with Crippen LogP contribution in [-0.4, -0.2) is 10.5 Å². The molecule has 1 aromatic heterocycles. The molecule has 0 aliphatic carbocycles. The Morgan fingerprint density at radius 1 is 1.17 bits per heavy atom. The summed E-state index contributed by atoms with van der Waals surface area (Å²) >= 11 is 0. The summed E-state index contributed by atoms with van der Waals surface area (Å²) in [5.74, 6) is 0. The highest BCUT2D eigenvalue weighted by molar-refractivity contribution is 5.78. The maximum atomic E-state index is 4.22. The second-order valence-corrected chi connectivity index (χ2v) is 2.70. The van der Waals surface area contributed by atoms with Crippen LogP contribution in [0.25, 0.3) is 10.9 Å². The molecule has 0 atom stereocenters. The summed E-state index contributed by atoms with van der Waals surface area (Å²) in [6.07, 6.45) is 1.82. The van der Waals surface area contributed by atoms with Crippen molar-refractivity contribution in [3.05, 3.63) is 42.1 Å². The second-order valence-electron chi connectivity index (χ2n) is 2.70. The van der Waals surface area contributed by atoms with Crippen LogP contribution in [0.15, 0.2) is 36.5 Å². The molecule has 0 saturated carbocycles. The van der Waals surface area contributed by atoms with Gasteiger partial charge in [0.1, 0.15) is 0 Å². The second kappa shape index (κ2) is 3.32. The van der Waals surface area contributed by atoms with Gasteiger partial charge in [0, 0.05) is 11.6 Å². The molecule has 2 aromatic rings. The molecule has 2 heteroatoms. The molecule has 0 aliphatic rings. The Kier molecular flexibility index (Phi) is 2.41. The van der Waals surface area contributed by atoms with Crippen molar-refractivity contribution in [3.8, 4) is 0 Å². The van der Waals surface area contributed by atoms with Crippen molar-refractivity contribution in [1.82, 2.24) is 4.98 Å². The SMILES string of the molecule is Cc1ccc2ncccc2c1.O. The van der Waals surface area contributed by atoms with Gasteiger partial charge >= 0.3 is 0 Å². The Hall–Kier alpha value is -1.41. The highest BCUT2D eigenvalue weighted by Gasteiger charge is 1.90. The fourth-order valence-electron chi connectivity index (χ4n) is 1.20. The predicted octanol–water partition coefficient (Wildman–Crippen LogP) is 1.72. The van der Waals surface area contributed by atoms with Crippen LogP contribution in [-0.2, 0) is 0 Å². The van der Waals surface area contributed by atoms with E-state index in [1.165, 1.54) is 10.9 Å². The average molecular weight is 161 g/mol. The van der Waals surface area contributed by atoms with Crippen molar-refractivity contribution in [2.45, 2.75) is 6.92 Å². The van der Waals surface area contributed by atoms with Gasteiger partial charge in [0.25, 0.3) is 0 Å². The van der Waals surface area contributed by atoms with Crippen LogP contribution in [0, 0.1) is 6.92 Å². The van der Waals surface area contributed by atoms with E-state index in [1.807, 2.05) is 18.3 Å². The number of aryl methyl sites for hydroxylation is 1. The smallest absolute Gasteiger partial charge is 0.0702 e. The zero-order valence-corrected chi connectivity index (χ0v) is 6.91. The molecule has 0 spiro atoms. The standard InChI is InChI=1S/C10H9N.H2O/c1-8-4-5-10-9(7-8)3-2-6-11-10;/h2-7H,1H3;1H2. The van der Waals surface area contributed by atoms with E-state index in [-0.39, 0.29) is 5.48 Å². The van der Waals surface area contributed by atoms with E-state index in [0.717, 1.165) is 5.52 Å². The van der Waals surface area contributed by atoms with E-state index in [2.05, 4.69) is 30.1 Å². The van der Waals surface area contributed by atoms with Gasteiger partial charge in [-0.2, -0.15) is 0 Å². The summed E-state index contributed by atoms with van der Waals surface area (Å²) in [5, 5.41) is 1.22. The zero-order valence-electron chi connectivity index (χ0n) is 6.91. The van der Waals surface area contributed by atoms with Crippen LogP contribution in [0.2, 0.25) is 0 Å². The lowest BCUT2D eigenvalue weighted by Gasteiger charge is -1.95. The number of hydrogen-bond acceptors (Lipinski definition) is 1. The number of pyridine rings is 1. The lowest BCUT2D eigenvalue weighted by Crippen LogP contribution is -1.77. The quantitative estimate of drug-likeness (QED) is 0.580. The van der Waals surface area contributed by atoms with E-state index >= 15 is 0 Å². The molecule has 0 bridgehead atoms. The van der Waals surface area contributed by atoms with E-state index in [0.29, 0.717) is 0 Å². The molecule has 0 aliphatic heterocycles. The first-order chi connectivity index (χ1) is 5.36. The normalized spacial score (nSPS) is 9.42. The van der Waals surface area contributed by atoms with E-state index in [9.17, 15) is 0 Å². The first-order valence-corrected chi connectivity index (χ1v) is 3.68. The monoisotopic (exact) mass is 161 g/mol. The van der Waals surface area contributed by atoms with E-state index < -0.39 is 0 Å². The van der Waals surface area contributed by atoms with Crippen LogP contribution in [0.1, 0.15) is 5.56 Å². The maximum Gasteiger partial charge on any atom is 0.0702 e. The minimum Gasteiger partial charge on any atom is -0.412 e. The third-order valence-corrected chi connectivity index (χ3v) is 1.76. The molecule has 0 amide bonds. The van der Waals surface area contributed by atoms with Gasteiger partial charge in [0.2, 0.25) is 0 Å². The van der Waals surface area contributed by atoms with Crippen molar-refractivity contribution in [2.75, 3.05) is 0 Å². The Bertz CT molecular complexity index is 384. The van der Waals surface area contributed by atoms with Gasteiger partial charge in [-0.25, -0.2) is 0 Å². The lowest BCUT2D eigenvalue weighted by atomic mass is 10.1. The summed E-state index contributed by atoms with van der Waals surface area (Å²) in [6, 6.07) is 10.3. The Morgan fingerprint density at radius 2 is 2.00 bits per heavy atom. The fraction of sp³-hybridized carbons (Fsp3) is 0.100. The van der Waals surface area contributed by atoms with Crippen molar-refractivity contribution in [1.29, 1.82) is 0 Å². The third-order valence-electron chi connectivity index (χ3n) is 1.76. The largest absolute Gasteiger partial charge is 0.412 e. The molecule has 2 rings (SSSR count). The summed E-state index contributed by atoms with van der Waals surface area (Å²) in [4.78, 5) is 4.22. The summed E-state index contributed by atoms with van der Waals surface area (Å²) in [5.41, 5.74) is 2.35. The van der Waals surface area contributed by atoms with Crippen LogP contribution >= 0.6 is 0 Å². The number of benzene rings is 1. The number of aromatic nitrogens is 1. The zero-order chi connectivity index (χ0) is 7.68.